The van der Waals surface area contributed by atoms with Crippen LogP contribution in [0.4, 0.5) is 5.69 Å². The first-order chi connectivity index (χ1) is 11.9. The highest BCUT2D eigenvalue weighted by Gasteiger charge is 2.24. The van der Waals surface area contributed by atoms with Crippen LogP contribution in [-0.4, -0.2) is 58.4 Å². The smallest absolute Gasteiger partial charge is 0.269 e. The number of benzene rings is 1. The Kier molecular flexibility index (Phi) is 4.59. The number of carbonyl (C=O) groups is 1. The van der Waals surface area contributed by atoms with Gasteiger partial charge in [0.05, 0.1) is 10.5 Å². The number of non-ortho nitro benzene ring substituents is 1. The van der Waals surface area contributed by atoms with E-state index in [0.29, 0.717) is 5.56 Å². The van der Waals surface area contributed by atoms with Gasteiger partial charge in [0, 0.05) is 56.7 Å². The molecule has 1 fully saturated rings. The number of piperazine rings is 1. The summed E-state index contributed by atoms with van der Waals surface area (Å²) in [4.78, 5) is 27.4. The zero-order valence-electron chi connectivity index (χ0n) is 14.7. The predicted octanol–water partition coefficient (Wildman–Crippen LogP) is 2.30. The van der Waals surface area contributed by atoms with Gasteiger partial charge in [-0.25, -0.2) is 0 Å². The van der Waals surface area contributed by atoms with Crippen LogP contribution in [-0.2, 0) is 7.05 Å². The lowest BCUT2D eigenvalue weighted by Gasteiger charge is -2.32. The normalized spacial score (nSPS) is 15.4. The van der Waals surface area contributed by atoms with Crippen molar-refractivity contribution in [2.75, 3.05) is 33.2 Å². The summed E-state index contributed by atoms with van der Waals surface area (Å²) in [6, 6.07) is 8.30. The summed E-state index contributed by atoms with van der Waals surface area (Å²) in [5.41, 5.74) is 3.39. The molecule has 2 aromatic rings. The lowest BCUT2D eigenvalue weighted by molar-refractivity contribution is -0.384. The SMILES string of the molecule is Cc1c(C(=O)N2CCN(C)CC2)cc(-c2ccc([N+](=O)[O-])cc2)n1C. The summed E-state index contributed by atoms with van der Waals surface area (Å²) < 4.78 is 1.96. The Balaban J connectivity index is 1.89. The molecule has 0 N–H and O–H groups in total. The molecule has 1 saturated heterocycles. The van der Waals surface area contributed by atoms with E-state index in [1.54, 1.807) is 12.1 Å². The topological polar surface area (TPSA) is 71.6 Å². The van der Waals surface area contributed by atoms with E-state index in [1.807, 2.05) is 29.5 Å². The molecule has 1 amide bonds. The summed E-state index contributed by atoms with van der Waals surface area (Å²) in [5, 5.41) is 10.8. The van der Waals surface area contributed by atoms with E-state index >= 15 is 0 Å². The Bertz CT molecular complexity index is 802. The van der Waals surface area contributed by atoms with Crippen LogP contribution >= 0.6 is 0 Å². The maximum absolute atomic E-state index is 12.9. The lowest BCUT2D eigenvalue weighted by atomic mass is 10.1. The first-order valence-electron chi connectivity index (χ1n) is 8.27. The molecule has 0 bridgehead atoms. The molecule has 7 nitrogen and oxygen atoms in total. The summed E-state index contributed by atoms with van der Waals surface area (Å²) in [7, 11) is 3.97. The van der Waals surface area contributed by atoms with Crippen molar-refractivity contribution in [1.82, 2.24) is 14.4 Å². The Labute approximate surface area is 146 Å². The molecule has 1 aromatic heterocycles. The summed E-state index contributed by atoms with van der Waals surface area (Å²) in [6.45, 7) is 5.16. The molecule has 0 radical (unpaired) electrons. The minimum Gasteiger partial charge on any atom is -0.347 e. The maximum Gasteiger partial charge on any atom is 0.269 e. The fraction of sp³-hybridized carbons (Fsp3) is 0.389. The molecule has 0 aliphatic carbocycles. The second-order valence-corrected chi connectivity index (χ2v) is 6.49. The van der Waals surface area contributed by atoms with E-state index in [9.17, 15) is 14.9 Å². The molecule has 0 atom stereocenters. The van der Waals surface area contributed by atoms with Crippen molar-refractivity contribution >= 4 is 11.6 Å². The first kappa shape index (κ1) is 17.2. The molecule has 0 spiro atoms. The predicted molar refractivity (Wildman–Crippen MR) is 95.6 cm³/mol. The summed E-state index contributed by atoms with van der Waals surface area (Å²) in [5.74, 6) is 0.0503. The van der Waals surface area contributed by atoms with Crippen molar-refractivity contribution in [3.63, 3.8) is 0 Å². The second kappa shape index (κ2) is 6.68. The number of rotatable bonds is 3. The third kappa shape index (κ3) is 3.28. The number of nitro benzene ring substituents is 1. The second-order valence-electron chi connectivity index (χ2n) is 6.49. The molecular weight excluding hydrogens is 320 g/mol. The van der Waals surface area contributed by atoms with Crippen LogP contribution in [0.15, 0.2) is 30.3 Å². The van der Waals surface area contributed by atoms with E-state index in [2.05, 4.69) is 11.9 Å². The molecule has 0 unspecified atom stereocenters. The van der Waals surface area contributed by atoms with Crippen molar-refractivity contribution < 1.29 is 9.72 Å². The van der Waals surface area contributed by atoms with Crippen LogP contribution in [0.2, 0.25) is 0 Å². The highest BCUT2D eigenvalue weighted by molar-refractivity contribution is 5.97. The average Bonchev–Trinajstić information content (AvgIpc) is 2.90. The van der Waals surface area contributed by atoms with Gasteiger partial charge in [0.2, 0.25) is 0 Å². The fourth-order valence-corrected chi connectivity index (χ4v) is 3.13. The minimum absolute atomic E-state index is 0.0503. The molecule has 7 heteroatoms. The Morgan fingerprint density at radius 2 is 1.68 bits per heavy atom. The van der Waals surface area contributed by atoms with Gasteiger partial charge in [0.1, 0.15) is 0 Å². The Hall–Kier alpha value is -2.67. The number of nitrogens with zero attached hydrogens (tertiary/aromatic N) is 4. The van der Waals surface area contributed by atoms with Gasteiger partial charge in [-0.2, -0.15) is 0 Å². The summed E-state index contributed by atoms with van der Waals surface area (Å²) >= 11 is 0. The third-order valence-corrected chi connectivity index (χ3v) is 4.93. The molecule has 1 aromatic carbocycles. The van der Waals surface area contributed by atoms with Crippen LogP contribution in [0, 0.1) is 17.0 Å². The van der Waals surface area contributed by atoms with Gasteiger partial charge >= 0.3 is 0 Å². The van der Waals surface area contributed by atoms with Gasteiger partial charge in [-0.1, -0.05) is 0 Å². The van der Waals surface area contributed by atoms with E-state index < -0.39 is 4.92 Å². The standard InChI is InChI=1S/C18H22N4O3/c1-13-16(18(23)21-10-8-19(2)9-11-21)12-17(20(13)3)14-4-6-15(7-5-14)22(24)25/h4-7,12H,8-11H2,1-3H3. The minimum atomic E-state index is -0.414. The molecule has 1 aliphatic rings. The lowest BCUT2D eigenvalue weighted by Crippen LogP contribution is -2.47. The average molecular weight is 342 g/mol. The largest absolute Gasteiger partial charge is 0.347 e. The van der Waals surface area contributed by atoms with E-state index in [1.165, 1.54) is 12.1 Å². The number of aromatic nitrogens is 1. The van der Waals surface area contributed by atoms with Crippen LogP contribution in [0.25, 0.3) is 11.3 Å². The zero-order valence-corrected chi connectivity index (χ0v) is 14.7. The van der Waals surface area contributed by atoms with Gasteiger partial charge in [-0.15, -0.1) is 0 Å². The first-order valence-corrected chi connectivity index (χ1v) is 8.27. The van der Waals surface area contributed by atoms with Gasteiger partial charge in [-0.05, 0) is 37.7 Å². The monoisotopic (exact) mass is 342 g/mol. The molecule has 132 valence electrons. The molecule has 0 saturated carbocycles. The van der Waals surface area contributed by atoms with Crippen molar-refractivity contribution in [1.29, 1.82) is 0 Å². The van der Waals surface area contributed by atoms with Gasteiger partial charge < -0.3 is 14.4 Å². The third-order valence-electron chi connectivity index (χ3n) is 4.93. The van der Waals surface area contributed by atoms with Crippen LogP contribution in [0.5, 0.6) is 0 Å². The van der Waals surface area contributed by atoms with E-state index in [4.69, 9.17) is 0 Å². The molecule has 3 rings (SSSR count). The number of hydrogen-bond acceptors (Lipinski definition) is 4. The number of amides is 1. The van der Waals surface area contributed by atoms with E-state index in [0.717, 1.165) is 43.1 Å². The van der Waals surface area contributed by atoms with Crippen molar-refractivity contribution in [3.8, 4) is 11.3 Å². The van der Waals surface area contributed by atoms with Gasteiger partial charge in [0.25, 0.3) is 11.6 Å². The Morgan fingerprint density at radius 3 is 2.24 bits per heavy atom. The number of likely N-dealkylation sites (N-methyl/N-ethyl adjacent to an activating group) is 1. The van der Waals surface area contributed by atoms with Crippen molar-refractivity contribution in [2.24, 2.45) is 7.05 Å². The van der Waals surface area contributed by atoms with Crippen molar-refractivity contribution in [3.05, 3.63) is 51.7 Å². The number of carbonyl (C=O) groups excluding carboxylic acids is 1. The zero-order chi connectivity index (χ0) is 18.1. The molecule has 2 heterocycles. The van der Waals surface area contributed by atoms with Crippen LogP contribution in [0.1, 0.15) is 16.1 Å². The van der Waals surface area contributed by atoms with E-state index in [-0.39, 0.29) is 11.6 Å². The number of nitro groups is 1. The maximum atomic E-state index is 12.9. The quantitative estimate of drug-likeness (QED) is 0.634. The highest BCUT2D eigenvalue weighted by Crippen LogP contribution is 2.27. The van der Waals surface area contributed by atoms with Gasteiger partial charge in [-0.3, -0.25) is 14.9 Å². The fourth-order valence-electron chi connectivity index (χ4n) is 3.13. The Morgan fingerprint density at radius 1 is 1.08 bits per heavy atom. The summed E-state index contributed by atoms with van der Waals surface area (Å²) in [6.07, 6.45) is 0. The highest BCUT2D eigenvalue weighted by atomic mass is 16.6. The molecular formula is C18H22N4O3. The molecule has 1 aliphatic heterocycles. The van der Waals surface area contributed by atoms with Crippen LogP contribution < -0.4 is 0 Å². The van der Waals surface area contributed by atoms with Gasteiger partial charge in [0.15, 0.2) is 0 Å². The van der Waals surface area contributed by atoms with Crippen molar-refractivity contribution in [2.45, 2.75) is 6.92 Å². The molecule has 25 heavy (non-hydrogen) atoms. The van der Waals surface area contributed by atoms with Crippen LogP contribution in [0.3, 0.4) is 0 Å². The number of hydrogen-bond donors (Lipinski definition) is 0.